The molecule has 0 spiro atoms. The number of hydrogen-bond donors (Lipinski definition) is 1. The second-order valence-electron chi connectivity index (χ2n) is 10.4. The van der Waals surface area contributed by atoms with Crippen molar-refractivity contribution in [2.45, 2.75) is 44.2 Å². The molecule has 0 aliphatic carbocycles. The monoisotopic (exact) mass is 619 g/mol. The number of benzene rings is 4. The zero-order valence-electron chi connectivity index (χ0n) is 24.6. The third-order valence-corrected chi connectivity index (χ3v) is 8.88. The van der Waals surface area contributed by atoms with Crippen LogP contribution in [0.15, 0.2) is 108 Å². The highest BCUT2D eigenvalue weighted by molar-refractivity contribution is 7.92. The number of halogens is 2. The molecule has 2 amide bonds. The van der Waals surface area contributed by atoms with Crippen molar-refractivity contribution >= 4 is 27.5 Å². The van der Waals surface area contributed by atoms with Gasteiger partial charge in [0.2, 0.25) is 11.8 Å². The summed E-state index contributed by atoms with van der Waals surface area (Å²) in [6.45, 7) is 3.35. The Balaban J connectivity index is 1.78. The molecule has 0 unspecified atom stereocenters. The highest BCUT2D eigenvalue weighted by Crippen LogP contribution is 2.26. The Labute approximate surface area is 257 Å². The predicted octanol–water partition coefficient (Wildman–Crippen LogP) is 5.63. The summed E-state index contributed by atoms with van der Waals surface area (Å²) in [6.07, 6.45) is 0.827. The molecule has 4 aromatic carbocycles. The normalized spacial score (nSPS) is 11.9. The van der Waals surface area contributed by atoms with Crippen molar-refractivity contribution in [2.24, 2.45) is 0 Å². The summed E-state index contributed by atoms with van der Waals surface area (Å²) in [7, 11) is -4.30. The van der Waals surface area contributed by atoms with Crippen LogP contribution in [0, 0.1) is 18.6 Å². The van der Waals surface area contributed by atoms with Gasteiger partial charge >= 0.3 is 0 Å². The fraction of sp³-hybridized carbons (Fsp3) is 0.235. The van der Waals surface area contributed by atoms with Crippen LogP contribution in [-0.2, 0) is 32.6 Å². The Morgan fingerprint density at radius 2 is 1.39 bits per heavy atom. The van der Waals surface area contributed by atoms with Crippen molar-refractivity contribution in [1.29, 1.82) is 0 Å². The lowest BCUT2D eigenvalue weighted by Crippen LogP contribution is -2.53. The first-order valence-electron chi connectivity index (χ1n) is 14.3. The van der Waals surface area contributed by atoms with E-state index in [1.54, 1.807) is 12.1 Å². The zero-order chi connectivity index (χ0) is 31.7. The number of amides is 2. The second-order valence-corrected chi connectivity index (χ2v) is 12.3. The SMILES string of the molecule is CCCNC(=O)[C@H](Cc1ccccc1)N(Cc1ccc(F)cc1)C(=O)CN(c1ccc(F)cc1)S(=O)(=O)c1ccc(C)cc1. The number of sulfonamides is 1. The molecule has 0 aliphatic rings. The minimum atomic E-state index is -4.30. The van der Waals surface area contributed by atoms with Gasteiger partial charge in [-0.1, -0.05) is 67.1 Å². The highest BCUT2D eigenvalue weighted by atomic mass is 32.2. The van der Waals surface area contributed by atoms with Crippen molar-refractivity contribution in [2.75, 3.05) is 17.4 Å². The quantitative estimate of drug-likeness (QED) is 0.210. The number of anilines is 1. The van der Waals surface area contributed by atoms with Crippen molar-refractivity contribution in [3.05, 3.63) is 131 Å². The van der Waals surface area contributed by atoms with Crippen LogP contribution < -0.4 is 9.62 Å². The van der Waals surface area contributed by atoms with Gasteiger partial charge in [0.1, 0.15) is 24.2 Å². The maximum atomic E-state index is 14.3. The van der Waals surface area contributed by atoms with Crippen LogP contribution >= 0.6 is 0 Å². The number of hydrogen-bond acceptors (Lipinski definition) is 4. The molecule has 4 rings (SSSR count). The van der Waals surface area contributed by atoms with Gasteiger partial charge in [-0.2, -0.15) is 0 Å². The molecular formula is C34H35F2N3O4S. The van der Waals surface area contributed by atoms with E-state index in [1.165, 1.54) is 53.4 Å². The van der Waals surface area contributed by atoms with Gasteiger partial charge in [0, 0.05) is 19.5 Å². The van der Waals surface area contributed by atoms with Gasteiger partial charge in [-0.3, -0.25) is 13.9 Å². The van der Waals surface area contributed by atoms with Gasteiger partial charge in [0.15, 0.2) is 0 Å². The van der Waals surface area contributed by atoms with Crippen LogP contribution in [0.25, 0.3) is 0 Å². The molecule has 0 saturated heterocycles. The van der Waals surface area contributed by atoms with E-state index in [4.69, 9.17) is 0 Å². The molecule has 0 heterocycles. The van der Waals surface area contributed by atoms with Gasteiger partial charge < -0.3 is 10.2 Å². The summed E-state index contributed by atoms with van der Waals surface area (Å²) in [4.78, 5) is 29.2. The Hall–Kier alpha value is -4.57. The summed E-state index contributed by atoms with van der Waals surface area (Å²) in [5.41, 5.74) is 2.28. The van der Waals surface area contributed by atoms with Crippen LogP contribution in [0.5, 0.6) is 0 Å². The van der Waals surface area contributed by atoms with E-state index in [0.717, 1.165) is 27.6 Å². The maximum Gasteiger partial charge on any atom is 0.264 e. The lowest BCUT2D eigenvalue weighted by atomic mass is 10.0. The van der Waals surface area contributed by atoms with E-state index in [0.29, 0.717) is 18.5 Å². The van der Waals surface area contributed by atoms with Crippen LogP contribution in [0.1, 0.15) is 30.0 Å². The smallest absolute Gasteiger partial charge is 0.264 e. The molecule has 230 valence electrons. The summed E-state index contributed by atoms with van der Waals surface area (Å²) in [5.74, 6) is -2.09. The first kappa shape index (κ1) is 32.3. The van der Waals surface area contributed by atoms with Gasteiger partial charge in [0.25, 0.3) is 10.0 Å². The average molecular weight is 620 g/mol. The van der Waals surface area contributed by atoms with Crippen molar-refractivity contribution in [1.82, 2.24) is 10.2 Å². The van der Waals surface area contributed by atoms with Crippen LogP contribution in [0.4, 0.5) is 14.5 Å². The molecule has 0 bridgehead atoms. The van der Waals surface area contributed by atoms with Gasteiger partial charge in [-0.25, -0.2) is 17.2 Å². The van der Waals surface area contributed by atoms with Crippen molar-refractivity contribution < 1.29 is 26.8 Å². The molecule has 44 heavy (non-hydrogen) atoms. The van der Waals surface area contributed by atoms with E-state index in [-0.39, 0.29) is 23.5 Å². The van der Waals surface area contributed by atoms with Gasteiger partial charge in [-0.15, -0.1) is 0 Å². The van der Waals surface area contributed by atoms with E-state index < -0.39 is 46.1 Å². The van der Waals surface area contributed by atoms with Crippen molar-refractivity contribution in [3.63, 3.8) is 0 Å². The minimum Gasteiger partial charge on any atom is -0.354 e. The summed E-state index contributed by atoms with van der Waals surface area (Å²) >= 11 is 0. The summed E-state index contributed by atoms with van der Waals surface area (Å²) in [6, 6.07) is 24.7. The van der Waals surface area contributed by atoms with Crippen molar-refractivity contribution in [3.8, 4) is 0 Å². The Kier molecular flexibility index (Phi) is 10.8. The third-order valence-electron chi connectivity index (χ3n) is 7.09. The number of nitrogens with zero attached hydrogens (tertiary/aromatic N) is 2. The molecule has 4 aromatic rings. The molecule has 1 N–H and O–H groups in total. The molecule has 0 saturated carbocycles. The molecule has 0 radical (unpaired) electrons. The zero-order valence-corrected chi connectivity index (χ0v) is 25.4. The second kappa shape index (κ2) is 14.7. The fourth-order valence-electron chi connectivity index (χ4n) is 4.68. The van der Waals surface area contributed by atoms with Crippen LogP contribution in [0.2, 0.25) is 0 Å². The van der Waals surface area contributed by atoms with Crippen LogP contribution in [-0.4, -0.2) is 44.3 Å². The Bertz CT molecular complexity index is 1650. The number of rotatable bonds is 13. The number of carbonyl (C=O) groups excluding carboxylic acids is 2. The fourth-order valence-corrected chi connectivity index (χ4v) is 6.09. The highest BCUT2D eigenvalue weighted by Gasteiger charge is 2.34. The molecular weight excluding hydrogens is 584 g/mol. The third kappa shape index (κ3) is 8.29. The molecule has 0 aromatic heterocycles. The topological polar surface area (TPSA) is 86.8 Å². The Morgan fingerprint density at radius 3 is 1.98 bits per heavy atom. The predicted molar refractivity (Wildman–Crippen MR) is 166 cm³/mol. The van der Waals surface area contributed by atoms with E-state index in [2.05, 4.69) is 5.32 Å². The standard InChI is InChI=1S/C34H35F2N3O4S/c1-3-21-37-34(41)32(22-26-7-5-4-6-8-26)38(23-27-11-13-28(35)14-12-27)33(40)24-39(30-17-15-29(36)16-18-30)44(42,43)31-19-9-25(2)10-20-31/h4-20,32H,3,21-24H2,1-2H3,(H,37,41)/t32-/m0/s1. The lowest BCUT2D eigenvalue weighted by molar-refractivity contribution is -0.140. The maximum absolute atomic E-state index is 14.3. The van der Waals surface area contributed by atoms with Gasteiger partial charge in [0.05, 0.1) is 10.6 Å². The average Bonchev–Trinajstić information content (AvgIpc) is 3.02. The summed E-state index contributed by atoms with van der Waals surface area (Å²) in [5, 5.41) is 2.87. The molecule has 7 nitrogen and oxygen atoms in total. The van der Waals surface area contributed by atoms with E-state index >= 15 is 0 Å². The summed E-state index contributed by atoms with van der Waals surface area (Å²) < 4.78 is 56.5. The first-order chi connectivity index (χ1) is 21.1. The lowest BCUT2D eigenvalue weighted by Gasteiger charge is -2.34. The molecule has 0 fully saturated rings. The van der Waals surface area contributed by atoms with E-state index in [9.17, 15) is 26.8 Å². The minimum absolute atomic E-state index is 0.0492. The molecule has 0 aliphatic heterocycles. The van der Waals surface area contributed by atoms with E-state index in [1.807, 2.05) is 44.2 Å². The number of nitrogens with one attached hydrogen (secondary N) is 1. The molecule has 1 atom stereocenters. The largest absolute Gasteiger partial charge is 0.354 e. The first-order valence-corrected chi connectivity index (χ1v) is 15.7. The Morgan fingerprint density at radius 1 is 0.795 bits per heavy atom. The van der Waals surface area contributed by atoms with Crippen LogP contribution in [0.3, 0.4) is 0 Å². The number of aryl methyl sites for hydroxylation is 1. The van der Waals surface area contributed by atoms with Gasteiger partial charge in [-0.05, 0) is 73.0 Å². The number of carbonyl (C=O) groups is 2. The molecule has 10 heteroatoms.